The molecule has 0 bridgehead atoms. The lowest BCUT2D eigenvalue weighted by atomic mass is 10.1. The van der Waals surface area contributed by atoms with Crippen molar-refractivity contribution in [2.75, 3.05) is 5.32 Å². The Bertz CT molecular complexity index is 597. The molecule has 3 nitrogen and oxygen atoms in total. The van der Waals surface area contributed by atoms with Crippen molar-refractivity contribution in [1.82, 2.24) is 4.98 Å². The van der Waals surface area contributed by atoms with Crippen molar-refractivity contribution in [2.45, 2.75) is 20.3 Å². The lowest BCUT2D eigenvalue weighted by Gasteiger charge is -2.09. The number of aryl methyl sites for hydroxylation is 2. The minimum atomic E-state index is 0.607. The Morgan fingerprint density at radius 1 is 1.28 bits per heavy atom. The highest BCUT2D eigenvalue weighted by molar-refractivity contribution is 5.59. The third-order valence-electron chi connectivity index (χ3n) is 2.89. The summed E-state index contributed by atoms with van der Waals surface area (Å²) in [6.45, 7) is 4.25. The second-order valence-corrected chi connectivity index (χ2v) is 4.16. The highest BCUT2D eigenvalue weighted by atomic mass is 15.0. The van der Waals surface area contributed by atoms with E-state index in [9.17, 15) is 0 Å². The van der Waals surface area contributed by atoms with Crippen LogP contribution in [0.25, 0.3) is 0 Å². The standard InChI is InChI=1S/C15H15N3/c1-3-13-9-14(5-4-11(13)2)18-15-8-12(10-16)6-7-17-15/h4-9H,3H2,1-2H3,(H,17,18). The quantitative estimate of drug-likeness (QED) is 0.887. The monoisotopic (exact) mass is 237 g/mol. The van der Waals surface area contributed by atoms with E-state index in [1.54, 1.807) is 18.3 Å². The molecule has 0 unspecified atom stereocenters. The zero-order valence-electron chi connectivity index (χ0n) is 10.6. The Morgan fingerprint density at radius 3 is 2.83 bits per heavy atom. The van der Waals surface area contributed by atoms with Gasteiger partial charge in [-0.05, 0) is 48.7 Å². The molecule has 0 radical (unpaired) electrons. The van der Waals surface area contributed by atoms with E-state index in [1.807, 2.05) is 6.07 Å². The molecule has 0 aliphatic rings. The smallest absolute Gasteiger partial charge is 0.131 e. The highest BCUT2D eigenvalue weighted by Crippen LogP contribution is 2.19. The van der Waals surface area contributed by atoms with E-state index in [2.05, 4.69) is 42.4 Å². The van der Waals surface area contributed by atoms with Crippen LogP contribution in [0.15, 0.2) is 36.5 Å². The van der Waals surface area contributed by atoms with Gasteiger partial charge in [0.15, 0.2) is 0 Å². The molecule has 0 atom stereocenters. The summed E-state index contributed by atoms with van der Waals surface area (Å²) in [7, 11) is 0. The first-order valence-electron chi connectivity index (χ1n) is 5.95. The number of nitrogens with zero attached hydrogens (tertiary/aromatic N) is 2. The van der Waals surface area contributed by atoms with Gasteiger partial charge in [0, 0.05) is 11.9 Å². The second-order valence-electron chi connectivity index (χ2n) is 4.16. The molecule has 0 saturated heterocycles. The van der Waals surface area contributed by atoms with E-state index in [0.29, 0.717) is 11.4 Å². The molecule has 0 fully saturated rings. The molecule has 1 heterocycles. The fourth-order valence-electron chi connectivity index (χ4n) is 1.85. The van der Waals surface area contributed by atoms with E-state index >= 15 is 0 Å². The van der Waals surface area contributed by atoms with Gasteiger partial charge in [0.1, 0.15) is 5.82 Å². The topological polar surface area (TPSA) is 48.7 Å². The van der Waals surface area contributed by atoms with Crippen molar-refractivity contribution in [3.05, 3.63) is 53.2 Å². The summed E-state index contributed by atoms with van der Waals surface area (Å²) >= 11 is 0. The Hall–Kier alpha value is -2.34. The van der Waals surface area contributed by atoms with Crippen LogP contribution in [0.5, 0.6) is 0 Å². The van der Waals surface area contributed by atoms with Crippen molar-refractivity contribution in [2.24, 2.45) is 0 Å². The van der Waals surface area contributed by atoms with Gasteiger partial charge in [-0.3, -0.25) is 0 Å². The first kappa shape index (κ1) is 12.1. The molecule has 1 aromatic carbocycles. The molecular formula is C15H15N3. The summed E-state index contributed by atoms with van der Waals surface area (Å²) in [6.07, 6.45) is 2.64. The van der Waals surface area contributed by atoms with Gasteiger partial charge < -0.3 is 5.32 Å². The lowest BCUT2D eigenvalue weighted by molar-refractivity contribution is 1.11. The average molecular weight is 237 g/mol. The Balaban J connectivity index is 2.26. The molecule has 0 aliphatic heterocycles. The van der Waals surface area contributed by atoms with E-state index < -0.39 is 0 Å². The summed E-state index contributed by atoms with van der Waals surface area (Å²) in [5.74, 6) is 0.694. The number of hydrogen-bond acceptors (Lipinski definition) is 3. The van der Waals surface area contributed by atoms with Crippen molar-refractivity contribution in [1.29, 1.82) is 5.26 Å². The molecule has 0 aliphatic carbocycles. The number of aromatic nitrogens is 1. The van der Waals surface area contributed by atoms with Gasteiger partial charge in [-0.15, -0.1) is 0 Å². The minimum absolute atomic E-state index is 0.607. The summed E-state index contributed by atoms with van der Waals surface area (Å²) in [4.78, 5) is 4.20. The molecule has 3 heteroatoms. The summed E-state index contributed by atoms with van der Waals surface area (Å²) in [5, 5.41) is 12.1. The maximum atomic E-state index is 8.84. The van der Waals surface area contributed by atoms with Crippen LogP contribution in [0.4, 0.5) is 11.5 Å². The van der Waals surface area contributed by atoms with Crippen molar-refractivity contribution < 1.29 is 0 Å². The van der Waals surface area contributed by atoms with Gasteiger partial charge in [-0.2, -0.15) is 5.26 Å². The predicted octanol–water partition coefficient (Wildman–Crippen LogP) is 3.57. The van der Waals surface area contributed by atoms with Crippen LogP contribution in [-0.4, -0.2) is 4.98 Å². The maximum Gasteiger partial charge on any atom is 0.131 e. The third-order valence-corrected chi connectivity index (χ3v) is 2.89. The maximum absolute atomic E-state index is 8.84. The predicted molar refractivity (Wildman–Crippen MR) is 72.8 cm³/mol. The van der Waals surface area contributed by atoms with Crippen LogP contribution in [0, 0.1) is 18.3 Å². The lowest BCUT2D eigenvalue weighted by Crippen LogP contribution is -1.96. The molecule has 0 saturated carbocycles. The van der Waals surface area contributed by atoms with Crippen LogP contribution in [0.1, 0.15) is 23.6 Å². The summed E-state index contributed by atoms with van der Waals surface area (Å²) in [6, 6.07) is 11.8. The molecule has 90 valence electrons. The van der Waals surface area contributed by atoms with Crippen LogP contribution < -0.4 is 5.32 Å². The summed E-state index contributed by atoms with van der Waals surface area (Å²) < 4.78 is 0. The Morgan fingerprint density at radius 2 is 2.11 bits per heavy atom. The van der Waals surface area contributed by atoms with E-state index in [0.717, 1.165) is 12.1 Å². The number of rotatable bonds is 3. The largest absolute Gasteiger partial charge is 0.340 e. The summed E-state index contributed by atoms with van der Waals surface area (Å²) in [5.41, 5.74) is 4.22. The van der Waals surface area contributed by atoms with Gasteiger partial charge in [0.25, 0.3) is 0 Å². The fraction of sp³-hybridized carbons (Fsp3) is 0.200. The van der Waals surface area contributed by atoms with Crippen LogP contribution >= 0.6 is 0 Å². The molecule has 1 N–H and O–H groups in total. The van der Waals surface area contributed by atoms with Crippen molar-refractivity contribution >= 4 is 11.5 Å². The Kier molecular flexibility index (Phi) is 3.59. The molecule has 2 rings (SSSR count). The number of nitriles is 1. The van der Waals surface area contributed by atoms with Crippen molar-refractivity contribution in [3.8, 4) is 6.07 Å². The molecule has 0 amide bonds. The zero-order valence-corrected chi connectivity index (χ0v) is 10.6. The third kappa shape index (κ3) is 2.67. The molecule has 2 aromatic rings. The second kappa shape index (κ2) is 5.33. The number of hydrogen-bond donors (Lipinski definition) is 1. The van der Waals surface area contributed by atoms with Gasteiger partial charge in [0.05, 0.1) is 11.6 Å². The van der Waals surface area contributed by atoms with Gasteiger partial charge in [0.2, 0.25) is 0 Å². The molecule has 18 heavy (non-hydrogen) atoms. The molecule has 1 aromatic heterocycles. The van der Waals surface area contributed by atoms with Gasteiger partial charge in [-0.1, -0.05) is 13.0 Å². The van der Waals surface area contributed by atoms with Crippen molar-refractivity contribution in [3.63, 3.8) is 0 Å². The minimum Gasteiger partial charge on any atom is -0.340 e. The van der Waals surface area contributed by atoms with Crippen LogP contribution in [-0.2, 0) is 6.42 Å². The number of anilines is 2. The number of benzene rings is 1. The molecular weight excluding hydrogens is 222 g/mol. The Labute approximate surface area is 107 Å². The van der Waals surface area contributed by atoms with E-state index in [-0.39, 0.29) is 0 Å². The average Bonchev–Trinajstić information content (AvgIpc) is 2.41. The first-order chi connectivity index (χ1) is 8.72. The number of nitrogens with one attached hydrogen (secondary N) is 1. The van der Waals surface area contributed by atoms with Crippen LogP contribution in [0.2, 0.25) is 0 Å². The number of pyridine rings is 1. The fourth-order valence-corrected chi connectivity index (χ4v) is 1.85. The van der Waals surface area contributed by atoms with Gasteiger partial charge >= 0.3 is 0 Å². The molecule has 0 spiro atoms. The SMILES string of the molecule is CCc1cc(Nc2cc(C#N)ccn2)ccc1C. The first-order valence-corrected chi connectivity index (χ1v) is 5.95. The van der Waals surface area contributed by atoms with Gasteiger partial charge in [-0.25, -0.2) is 4.98 Å². The van der Waals surface area contributed by atoms with E-state index in [4.69, 9.17) is 5.26 Å². The van der Waals surface area contributed by atoms with Crippen LogP contribution in [0.3, 0.4) is 0 Å². The highest BCUT2D eigenvalue weighted by Gasteiger charge is 2.01. The zero-order chi connectivity index (χ0) is 13.0. The normalized spacial score (nSPS) is 9.83. The van der Waals surface area contributed by atoms with E-state index in [1.165, 1.54) is 11.1 Å².